The van der Waals surface area contributed by atoms with E-state index in [4.69, 9.17) is 9.84 Å². The number of nitrogens with zero attached hydrogens (tertiary/aromatic N) is 1. The van der Waals surface area contributed by atoms with Crippen LogP contribution in [0.3, 0.4) is 0 Å². The van der Waals surface area contributed by atoms with Crippen LogP contribution in [0.2, 0.25) is 0 Å². The van der Waals surface area contributed by atoms with Crippen molar-refractivity contribution in [2.24, 2.45) is 0 Å². The van der Waals surface area contributed by atoms with Crippen LogP contribution in [0.5, 0.6) is 0 Å². The fourth-order valence-corrected chi connectivity index (χ4v) is 4.36. The molecule has 1 unspecified atom stereocenters. The van der Waals surface area contributed by atoms with Crippen LogP contribution in [0, 0.1) is 6.92 Å². The minimum Gasteiger partial charge on any atom is -0.479 e. The Kier molecular flexibility index (Phi) is 6.74. The van der Waals surface area contributed by atoms with Gasteiger partial charge in [0.15, 0.2) is 6.10 Å². The largest absolute Gasteiger partial charge is 0.479 e. The molecule has 8 nitrogen and oxygen atoms in total. The lowest BCUT2D eigenvalue weighted by atomic mass is 10.1. The maximum atomic E-state index is 12.8. The van der Waals surface area contributed by atoms with Crippen molar-refractivity contribution in [3.8, 4) is 0 Å². The highest BCUT2D eigenvalue weighted by atomic mass is 32.2. The van der Waals surface area contributed by atoms with E-state index in [9.17, 15) is 18.0 Å². The van der Waals surface area contributed by atoms with E-state index < -0.39 is 28.0 Å². The predicted octanol–water partition coefficient (Wildman–Crippen LogP) is 0.999. The summed E-state index contributed by atoms with van der Waals surface area (Å²) in [4.78, 5) is 23.4. The molecule has 1 fully saturated rings. The third-order valence-electron chi connectivity index (χ3n) is 4.41. The fraction of sp³-hybridized carbons (Fsp3) is 0.529. The van der Waals surface area contributed by atoms with Crippen LogP contribution in [0.1, 0.15) is 35.2 Å². The Morgan fingerprint density at radius 1 is 1.27 bits per heavy atom. The van der Waals surface area contributed by atoms with Gasteiger partial charge in [0, 0.05) is 25.8 Å². The van der Waals surface area contributed by atoms with Crippen molar-refractivity contribution in [3.05, 3.63) is 29.3 Å². The highest BCUT2D eigenvalue weighted by Gasteiger charge is 2.27. The highest BCUT2D eigenvalue weighted by Crippen LogP contribution is 2.22. The van der Waals surface area contributed by atoms with Crippen LogP contribution < -0.4 is 5.32 Å². The first kappa shape index (κ1) is 20.3. The minimum atomic E-state index is -3.65. The molecule has 1 aliphatic heterocycles. The third kappa shape index (κ3) is 4.60. The Morgan fingerprint density at radius 3 is 2.50 bits per heavy atom. The van der Waals surface area contributed by atoms with Gasteiger partial charge in [0.05, 0.1) is 11.4 Å². The van der Waals surface area contributed by atoms with Gasteiger partial charge in [-0.05, 0) is 37.5 Å². The van der Waals surface area contributed by atoms with Gasteiger partial charge in [-0.2, -0.15) is 4.31 Å². The molecule has 1 heterocycles. The molecule has 0 spiro atoms. The lowest BCUT2D eigenvalue weighted by Crippen LogP contribution is -2.38. The first-order valence-electron chi connectivity index (χ1n) is 8.42. The zero-order valence-electron chi connectivity index (χ0n) is 14.9. The van der Waals surface area contributed by atoms with E-state index in [1.165, 1.54) is 23.5 Å². The van der Waals surface area contributed by atoms with Crippen molar-refractivity contribution in [1.29, 1.82) is 0 Å². The van der Waals surface area contributed by atoms with Gasteiger partial charge in [-0.3, -0.25) is 4.79 Å². The number of carbonyl (C=O) groups excluding carboxylic acids is 1. The van der Waals surface area contributed by atoms with Crippen molar-refractivity contribution >= 4 is 21.9 Å². The molecule has 0 bridgehead atoms. The second kappa shape index (κ2) is 8.61. The maximum absolute atomic E-state index is 12.8. The number of nitrogens with one attached hydrogen (secondary N) is 1. The molecular formula is C17H24N2O6S. The number of rotatable bonds is 7. The second-order valence-corrected chi connectivity index (χ2v) is 8.15. The molecule has 1 saturated heterocycles. The van der Waals surface area contributed by atoms with Gasteiger partial charge in [0.1, 0.15) is 0 Å². The number of hydrogen-bond acceptors (Lipinski definition) is 5. The number of aliphatic carboxylic acids is 1. The average molecular weight is 384 g/mol. The number of benzene rings is 1. The number of ether oxygens (including phenoxy) is 1. The van der Waals surface area contributed by atoms with E-state index in [0.29, 0.717) is 18.7 Å². The molecule has 0 aliphatic carbocycles. The normalized spacial score (nSPS) is 16.8. The maximum Gasteiger partial charge on any atom is 0.334 e. The van der Waals surface area contributed by atoms with Crippen molar-refractivity contribution in [1.82, 2.24) is 9.62 Å². The zero-order chi connectivity index (χ0) is 19.3. The van der Waals surface area contributed by atoms with Gasteiger partial charge >= 0.3 is 5.97 Å². The van der Waals surface area contributed by atoms with Crippen LogP contribution in [0.25, 0.3) is 0 Å². The standard InChI is InChI=1S/C17H24N2O6S/c1-12-6-7-13(26(23,24)19-8-4-3-5-9-19)10-14(12)16(20)18-11-15(25-2)17(21)22/h6-7,10,15H,3-5,8-9,11H2,1-2H3,(H,18,20)(H,21,22). The van der Waals surface area contributed by atoms with E-state index >= 15 is 0 Å². The quantitative estimate of drug-likeness (QED) is 0.725. The van der Waals surface area contributed by atoms with Crippen molar-refractivity contribution in [2.75, 3.05) is 26.7 Å². The van der Waals surface area contributed by atoms with E-state index in [2.05, 4.69) is 5.32 Å². The van der Waals surface area contributed by atoms with E-state index in [-0.39, 0.29) is 17.0 Å². The lowest BCUT2D eigenvalue weighted by molar-refractivity contribution is -0.148. The summed E-state index contributed by atoms with van der Waals surface area (Å²) in [5, 5.41) is 11.4. The summed E-state index contributed by atoms with van der Waals surface area (Å²) in [6, 6.07) is 4.42. The number of carboxylic acids is 1. The summed E-state index contributed by atoms with van der Waals surface area (Å²) in [6.07, 6.45) is 1.50. The first-order valence-corrected chi connectivity index (χ1v) is 9.86. The van der Waals surface area contributed by atoms with E-state index in [1.54, 1.807) is 13.0 Å². The summed E-state index contributed by atoms with van der Waals surface area (Å²) in [7, 11) is -2.41. The lowest BCUT2D eigenvalue weighted by Gasteiger charge is -2.26. The number of amides is 1. The van der Waals surface area contributed by atoms with E-state index in [1.807, 2.05) is 0 Å². The SMILES string of the molecule is COC(CNC(=O)c1cc(S(=O)(=O)N2CCCCC2)ccc1C)C(=O)O. The van der Waals surface area contributed by atoms with Crippen LogP contribution in [0.15, 0.2) is 23.1 Å². The summed E-state index contributed by atoms with van der Waals surface area (Å²) >= 11 is 0. The molecule has 2 rings (SSSR count). The summed E-state index contributed by atoms with van der Waals surface area (Å²) in [5.74, 6) is -1.73. The molecule has 1 atom stereocenters. The predicted molar refractivity (Wildman–Crippen MR) is 94.6 cm³/mol. The highest BCUT2D eigenvalue weighted by molar-refractivity contribution is 7.89. The number of carbonyl (C=O) groups is 2. The number of methoxy groups -OCH3 is 1. The summed E-state index contributed by atoms with van der Waals surface area (Å²) in [5.41, 5.74) is 0.799. The smallest absolute Gasteiger partial charge is 0.334 e. The van der Waals surface area contributed by atoms with Crippen LogP contribution in [-0.2, 0) is 19.6 Å². The van der Waals surface area contributed by atoms with E-state index in [0.717, 1.165) is 19.3 Å². The molecule has 0 aromatic heterocycles. The number of carboxylic acid groups (broad SMARTS) is 1. The Bertz CT molecular complexity index is 771. The molecule has 0 radical (unpaired) electrons. The van der Waals surface area contributed by atoms with Gasteiger partial charge < -0.3 is 15.2 Å². The molecule has 144 valence electrons. The first-order chi connectivity index (χ1) is 12.3. The Balaban J connectivity index is 2.21. The summed E-state index contributed by atoms with van der Waals surface area (Å²) < 4.78 is 31.8. The monoisotopic (exact) mass is 384 g/mol. The van der Waals surface area contributed by atoms with Gasteiger partial charge in [-0.1, -0.05) is 12.5 Å². The van der Waals surface area contributed by atoms with Crippen LogP contribution >= 0.6 is 0 Å². The second-order valence-electron chi connectivity index (χ2n) is 6.21. The van der Waals surface area contributed by atoms with Crippen LogP contribution in [-0.4, -0.2) is 62.6 Å². The molecule has 0 saturated carbocycles. The fourth-order valence-electron chi connectivity index (χ4n) is 2.81. The minimum absolute atomic E-state index is 0.0664. The number of piperidine rings is 1. The van der Waals surface area contributed by atoms with Gasteiger partial charge in [-0.15, -0.1) is 0 Å². The average Bonchev–Trinajstić information content (AvgIpc) is 2.62. The number of aryl methyl sites for hydroxylation is 1. The Hall–Kier alpha value is -1.97. The summed E-state index contributed by atoms with van der Waals surface area (Å²) in [6.45, 7) is 2.43. The third-order valence-corrected chi connectivity index (χ3v) is 6.31. The number of hydrogen-bond donors (Lipinski definition) is 2. The van der Waals surface area contributed by atoms with Gasteiger partial charge in [0.2, 0.25) is 10.0 Å². The van der Waals surface area contributed by atoms with Crippen molar-refractivity contribution in [2.45, 2.75) is 37.2 Å². The zero-order valence-corrected chi connectivity index (χ0v) is 15.7. The molecule has 1 aromatic carbocycles. The van der Waals surface area contributed by atoms with Gasteiger partial charge in [-0.25, -0.2) is 13.2 Å². The van der Waals surface area contributed by atoms with Crippen molar-refractivity contribution in [3.63, 3.8) is 0 Å². The van der Waals surface area contributed by atoms with Gasteiger partial charge in [0.25, 0.3) is 5.91 Å². The Labute approximate surface area is 153 Å². The van der Waals surface area contributed by atoms with Crippen LogP contribution in [0.4, 0.5) is 0 Å². The Morgan fingerprint density at radius 2 is 1.92 bits per heavy atom. The molecular weight excluding hydrogens is 360 g/mol. The number of sulfonamides is 1. The topological polar surface area (TPSA) is 113 Å². The molecule has 1 aromatic rings. The molecule has 1 aliphatic rings. The van der Waals surface area contributed by atoms with Crippen molar-refractivity contribution < 1.29 is 27.9 Å². The molecule has 26 heavy (non-hydrogen) atoms. The molecule has 2 N–H and O–H groups in total. The molecule has 9 heteroatoms. The molecule has 1 amide bonds.